The van der Waals surface area contributed by atoms with E-state index in [-0.39, 0.29) is 24.5 Å². The maximum Gasteiger partial charge on any atom is 0.143 e. The number of benzene rings is 1. The molecule has 6 atom stereocenters. The minimum atomic E-state index is -1.38. The monoisotopic (exact) mass is 552 g/mol. The fraction of sp³-hybridized carbons (Fsp3) is 0.485. The van der Waals surface area contributed by atoms with Gasteiger partial charge in [-0.2, -0.15) is 0 Å². The van der Waals surface area contributed by atoms with Crippen LogP contribution in [0.1, 0.15) is 53.9 Å². The molecule has 1 aromatic rings. The molecular formula is C33H44O7. The van der Waals surface area contributed by atoms with Crippen molar-refractivity contribution in [2.45, 2.75) is 84.4 Å². The lowest BCUT2D eigenvalue weighted by molar-refractivity contribution is -0.156. The van der Waals surface area contributed by atoms with Crippen LogP contribution in [0.15, 0.2) is 83.0 Å². The van der Waals surface area contributed by atoms with Crippen LogP contribution in [0.2, 0.25) is 0 Å². The summed E-state index contributed by atoms with van der Waals surface area (Å²) in [5.74, 6) is 0.642. The van der Waals surface area contributed by atoms with E-state index >= 15 is 0 Å². The Morgan fingerprint density at radius 2 is 1.57 bits per heavy atom. The Kier molecular flexibility index (Phi) is 11.1. The molecule has 1 aromatic carbocycles. The highest BCUT2D eigenvalue weighted by molar-refractivity contribution is 5.67. The number of aliphatic hydroxyl groups excluding tert-OH is 4. The van der Waals surface area contributed by atoms with E-state index in [1.54, 1.807) is 12.1 Å². The second-order valence-corrected chi connectivity index (χ2v) is 11.6. The molecule has 0 amide bonds. The third-order valence-electron chi connectivity index (χ3n) is 7.95. The van der Waals surface area contributed by atoms with E-state index in [4.69, 9.17) is 9.47 Å². The Hall–Kier alpha value is -2.97. The summed E-state index contributed by atoms with van der Waals surface area (Å²) >= 11 is 0. The summed E-state index contributed by atoms with van der Waals surface area (Å²) in [6.07, 6.45) is 9.92. The Balaban J connectivity index is 1.69. The number of hydrogen-bond acceptors (Lipinski definition) is 7. The van der Waals surface area contributed by atoms with E-state index in [9.17, 15) is 25.2 Å². The molecule has 7 heteroatoms. The van der Waals surface area contributed by atoms with Gasteiger partial charge in [0.1, 0.15) is 42.2 Å². The van der Waals surface area contributed by atoms with Gasteiger partial charge in [0.05, 0.1) is 6.10 Å². The van der Waals surface area contributed by atoms with Crippen LogP contribution in [-0.4, -0.2) is 63.8 Å². The summed E-state index contributed by atoms with van der Waals surface area (Å²) in [6, 6.07) is 7.16. The summed E-state index contributed by atoms with van der Waals surface area (Å²) in [4.78, 5) is 10.6. The van der Waals surface area contributed by atoms with Crippen molar-refractivity contribution in [3.63, 3.8) is 0 Å². The first kappa shape index (κ1) is 31.6. The number of aldehydes is 1. The first-order valence-corrected chi connectivity index (χ1v) is 13.9. The molecule has 6 unspecified atom stereocenters. The van der Waals surface area contributed by atoms with Gasteiger partial charge in [-0.25, -0.2) is 0 Å². The zero-order valence-corrected chi connectivity index (χ0v) is 24.2. The zero-order chi connectivity index (χ0) is 29.4. The average molecular weight is 553 g/mol. The Labute approximate surface area is 237 Å². The summed E-state index contributed by atoms with van der Waals surface area (Å²) < 4.78 is 12.3. The SMILES string of the molecule is CC(C=CC=C(C)C=CC1=C(C)C(Oc2ccc(OC3CC(CO)C(O)C(O)C3O)cc2)CCC1(C)C)=CC=O. The smallest absolute Gasteiger partial charge is 0.143 e. The van der Waals surface area contributed by atoms with Crippen molar-refractivity contribution in [1.82, 2.24) is 0 Å². The van der Waals surface area contributed by atoms with E-state index in [1.165, 1.54) is 17.2 Å². The highest BCUT2D eigenvalue weighted by Crippen LogP contribution is 2.42. The molecule has 7 nitrogen and oxygen atoms in total. The van der Waals surface area contributed by atoms with Crippen LogP contribution >= 0.6 is 0 Å². The number of carbonyl (C=O) groups is 1. The van der Waals surface area contributed by atoms with Crippen LogP contribution in [0.25, 0.3) is 0 Å². The van der Waals surface area contributed by atoms with Crippen LogP contribution in [0.4, 0.5) is 0 Å². The molecule has 1 saturated carbocycles. The number of allylic oxidation sites excluding steroid dienone is 9. The molecule has 218 valence electrons. The first-order chi connectivity index (χ1) is 19.0. The molecule has 3 rings (SSSR count). The number of ether oxygens (including phenoxy) is 2. The number of carbonyl (C=O) groups excluding carboxylic acids is 1. The van der Waals surface area contributed by atoms with E-state index < -0.39 is 30.3 Å². The minimum absolute atomic E-state index is 0.0168. The van der Waals surface area contributed by atoms with Crippen molar-refractivity contribution < 1.29 is 34.7 Å². The second-order valence-electron chi connectivity index (χ2n) is 11.6. The zero-order valence-electron chi connectivity index (χ0n) is 24.2. The first-order valence-electron chi connectivity index (χ1n) is 13.9. The van der Waals surface area contributed by atoms with Gasteiger partial charge in [-0.15, -0.1) is 0 Å². The third kappa shape index (κ3) is 8.04. The predicted molar refractivity (Wildman–Crippen MR) is 156 cm³/mol. The molecule has 0 aliphatic heterocycles. The lowest BCUT2D eigenvalue weighted by Crippen LogP contribution is -2.56. The largest absolute Gasteiger partial charge is 0.488 e. The van der Waals surface area contributed by atoms with Gasteiger partial charge in [0.25, 0.3) is 0 Å². The van der Waals surface area contributed by atoms with E-state index in [0.717, 1.165) is 30.3 Å². The Bertz CT molecular complexity index is 1150. The van der Waals surface area contributed by atoms with E-state index in [1.807, 2.05) is 44.2 Å². The van der Waals surface area contributed by atoms with Crippen molar-refractivity contribution in [1.29, 1.82) is 0 Å². The fourth-order valence-electron chi connectivity index (χ4n) is 5.35. The van der Waals surface area contributed by atoms with Crippen molar-refractivity contribution in [3.8, 4) is 11.5 Å². The summed E-state index contributed by atoms with van der Waals surface area (Å²) in [6.45, 7) is 10.3. The topological polar surface area (TPSA) is 116 Å². The number of aliphatic hydroxyl groups is 4. The van der Waals surface area contributed by atoms with Gasteiger partial charge in [-0.1, -0.05) is 49.8 Å². The molecule has 0 radical (unpaired) electrons. The highest BCUT2D eigenvalue weighted by atomic mass is 16.5. The van der Waals surface area contributed by atoms with Gasteiger partial charge in [-0.3, -0.25) is 4.79 Å². The van der Waals surface area contributed by atoms with Gasteiger partial charge in [-0.05, 0) is 92.5 Å². The lowest BCUT2D eigenvalue weighted by Gasteiger charge is -2.39. The van der Waals surface area contributed by atoms with Crippen LogP contribution in [-0.2, 0) is 4.79 Å². The Morgan fingerprint density at radius 1 is 0.950 bits per heavy atom. The van der Waals surface area contributed by atoms with Crippen LogP contribution in [0, 0.1) is 11.3 Å². The normalized spacial score (nSPS) is 29.7. The average Bonchev–Trinajstić information content (AvgIpc) is 2.91. The van der Waals surface area contributed by atoms with Gasteiger partial charge < -0.3 is 29.9 Å². The summed E-state index contributed by atoms with van der Waals surface area (Å²) in [5.41, 5.74) is 4.45. The third-order valence-corrected chi connectivity index (χ3v) is 7.95. The summed E-state index contributed by atoms with van der Waals surface area (Å²) in [7, 11) is 0. The number of hydrogen-bond donors (Lipinski definition) is 4. The van der Waals surface area contributed by atoms with Gasteiger partial charge >= 0.3 is 0 Å². The van der Waals surface area contributed by atoms with Crippen molar-refractivity contribution in [3.05, 3.63) is 83.0 Å². The minimum Gasteiger partial charge on any atom is -0.488 e. The van der Waals surface area contributed by atoms with Crippen LogP contribution in [0.3, 0.4) is 0 Å². The van der Waals surface area contributed by atoms with E-state index in [2.05, 4.69) is 32.9 Å². The standard InChI is InChI=1S/C33H44O7/c1-21(7-6-8-22(2)16-18-34)9-14-27-23(3)28(15-17-33(27,4)5)39-25-10-12-26(13-11-25)40-29-19-24(20-35)30(36)32(38)31(29)37/h6-14,16,18,24,28-32,35-38H,15,17,19-20H2,1-5H3. The molecule has 0 aromatic heterocycles. The highest BCUT2D eigenvalue weighted by Gasteiger charge is 2.43. The van der Waals surface area contributed by atoms with Gasteiger partial charge in [0, 0.05) is 12.5 Å². The second kappa shape index (κ2) is 14.1. The summed E-state index contributed by atoms with van der Waals surface area (Å²) in [5, 5.41) is 40.0. The van der Waals surface area contributed by atoms with Crippen molar-refractivity contribution >= 4 is 6.29 Å². The molecule has 2 aliphatic rings. The van der Waals surface area contributed by atoms with Gasteiger partial charge in [0.2, 0.25) is 0 Å². The molecular weight excluding hydrogens is 508 g/mol. The molecule has 40 heavy (non-hydrogen) atoms. The van der Waals surface area contributed by atoms with Crippen LogP contribution in [0.5, 0.6) is 11.5 Å². The predicted octanol–water partition coefficient (Wildman–Crippen LogP) is 4.62. The maximum absolute atomic E-state index is 10.6. The van der Waals surface area contributed by atoms with Crippen LogP contribution < -0.4 is 9.47 Å². The van der Waals surface area contributed by atoms with Crippen molar-refractivity contribution in [2.24, 2.45) is 11.3 Å². The molecule has 0 heterocycles. The molecule has 2 aliphatic carbocycles. The number of rotatable bonds is 10. The molecule has 4 N–H and O–H groups in total. The lowest BCUT2D eigenvalue weighted by atomic mass is 9.71. The quantitative estimate of drug-likeness (QED) is 0.190. The Morgan fingerprint density at radius 3 is 2.20 bits per heavy atom. The fourth-order valence-corrected chi connectivity index (χ4v) is 5.35. The molecule has 1 fully saturated rings. The van der Waals surface area contributed by atoms with Crippen molar-refractivity contribution in [2.75, 3.05) is 6.61 Å². The molecule has 0 saturated heterocycles. The molecule has 0 bridgehead atoms. The maximum atomic E-state index is 10.6. The van der Waals surface area contributed by atoms with E-state index in [0.29, 0.717) is 11.5 Å². The van der Waals surface area contributed by atoms with Gasteiger partial charge in [0.15, 0.2) is 0 Å². The molecule has 0 spiro atoms.